The van der Waals surface area contributed by atoms with E-state index in [4.69, 9.17) is 23.2 Å². The van der Waals surface area contributed by atoms with Crippen LogP contribution in [0.2, 0.25) is 4.82 Å². The van der Waals surface area contributed by atoms with Gasteiger partial charge in [0.2, 0.25) is 0 Å². The molecule has 2 rings (SSSR count). The zero-order chi connectivity index (χ0) is 15.4. The van der Waals surface area contributed by atoms with Crippen molar-refractivity contribution in [1.82, 2.24) is 4.90 Å². The molecular formula is C16H19Cl2NOSe. The van der Waals surface area contributed by atoms with Crippen molar-refractivity contribution in [1.29, 1.82) is 0 Å². The number of carbonyl (C=O) groups excluding carboxylic acids is 1. The van der Waals surface area contributed by atoms with Crippen LogP contribution in [0.4, 0.5) is 0 Å². The molecular weight excluding hydrogens is 372 g/mol. The molecule has 1 atom stereocenters. The molecule has 0 N–H and O–H groups in total. The molecule has 1 amide bonds. The van der Waals surface area contributed by atoms with Gasteiger partial charge in [-0.1, -0.05) is 0 Å². The van der Waals surface area contributed by atoms with E-state index in [1.165, 1.54) is 16.5 Å². The number of rotatable bonds is 4. The van der Waals surface area contributed by atoms with Gasteiger partial charge >= 0.3 is 143 Å². The molecule has 2 nitrogen and oxygen atoms in total. The van der Waals surface area contributed by atoms with Gasteiger partial charge in [-0.3, -0.25) is 0 Å². The van der Waals surface area contributed by atoms with Crippen LogP contribution in [0.1, 0.15) is 26.2 Å². The summed E-state index contributed by atoms with van der Waals surface area (Å²) in [7, 11) is 1.77. The first-order chi connectivity index (χ1) is 10.0. The van der Waals surface area contributed by atoms with E-state index in [0.29, 0.717) is 19.8 Å². The van der Waals surface area contributed by atoms with E-state index in [1.54, 1.807) is 11.9 Å². The SMILES string of the molecule is CC1=C(N(C)C(=O)C(Cl)Cl)CCCC1[Se]c1ccccc1. The molecule has 5 heteroatoms. The third-order valence-electron chi connectivity index (χ3n) is 3.76. The maximum atomic E-state index is 12.0. The Bertz CT molecular complexity index is 530. The molecule has 1 aromatic rings. The van der Waals surface area contributed by atoms with Gasteiger partial charge in [0, 0.05) is 0 Å². The number of hydrogen-bond acceptors (Lipinski definition) is 1. The van der Waals surface area contributed by atoms with Gasteiger partial charge in [0.15, 0.2) is 0 Å². The molecule has 1 aromatic carbocycles. The van der Waals surface area contributed by atoms with Gasteiger partial charge < -0.3 is 0 Å². The number of halogens is 2. The number of carbonyl (C=O) groups is 1. The van der Waals surface area contributed by atoms with E-state index in [9.17, 15) is 4.79 Å². The molecule has 0 radical (unpaired) electrons. The van der Waals surface area contributed by atoms with Crippen LogP contribution >= 0.6 is 23.2 Å². The number of alkyl halides is 2. The van der Waals surface area contributed by atoms with Crippen molar-refractivity contribution in [3.05, 3.63) is 41.6 Å². The van der Waals surface area contributed by atoms with Crippen molar-refractivity contribution in [2.75, 3.05) is 7.05 Å². The van der Waals surface area contributed by atoms with Gasteiger partial charge in [0.1, 0.15) is 0 Å². The van der Waals surface area contributed by atoms with Crippen LogP contribution in [0.3, 0.4) is 0 Å². The van der Waals surface area contributed by atoms with Crippen LogP contribution in [0.15, 0.2) is 41.6 Å². The second-order valence-electron chi connectivity index (χ2n) is 5.14. The minimum absolute atomic E-state index is 0.236. The Hall–Kier alpha value is -0.471. The van der Waals surface area contributed by atoms with Gasteiger partial charge in [-0.15, -0.1) is 0 Å². The Morgan fingerprint density at radius 2 is 2.00 bits per heavy atom. The topological polar surface area (TPSA) is 20.3 Å². The van der Waals surface area contributed by atoms with Crippen molar-refractivity contribution < 1.29 is 4.79 Å². The Labute approximate surface area is 142 Å². The Morgan fingerprint density at radius 3 is 2.62 bits per heavy atom. The molecule has 21 heavy (non-hydrogen) atoms. The number of nitrogens with zero attached hydrogens (tertiary/aromatic N) is 1. The summed E-state index contributed by atoms with van der Waals surface area (Å²) < 4.78 is 1.40. The van der Waals surface area contributed by atoms with Crippen molar-refractivity contribution in [3.8, 4) is 0 Å². The molecule has 1 aliphatic rings. The van der Waals surface area contributed by atoms with E-state index >= 15 is 0 Å². The minimum atomic E-state index is -0.990. The summed E-state index contributed by atoms with van der Waals surface area (Å²) in [6.07, 6.45) is 3.23. The van der Waals surface area contributed by atoms with E-state index in [2.05, 4.69) is 31.2 Å². The number of hydrogen-bond donors (Lipinski definition) is 0. The molecule has 0 heterocycles. The third kappa shape index (κ3) is 4.26. The summed E-state index contributed by atoms with van der Waals surface area (Å²) in [5.74, 6) is -0.236. The first kappa shape index (κ1) is 16.9. The summed E-state index contributed by atoms with van der Waals surface area (Å²) in [6, 6.07) is 10.6. The zero-order valence-corrected chi connectivity index (χ0v) is 15.4. The fourth-order valence-electron chi connectivity index (χ4n) is 2.58. The Morgan fingerprint density at radius 1 is 1.33 bits per heavy atom. The second-order valence-corrected chi connectivity index (χ2v) is 8.91. The van der Waals surface area contributed by atoms with Gasteiger partial charge in [-0.2, -0.15) is 0 Å². The van der Waals surface area contributed by atoms with Crippen LogP contribution in [0.5, 0.6) is 0 Å². The third-order valence-corrected chi connectivity index (χ3v) is 7.11. The quantitative estimate of drug-likeness (QED) is 0.568. The van der Waals surface area contributed by atoms with Crippen LogP contribution in [-0.2, 0) is 4.79 Å². The molecule has 1 aliphatic carbocycles. The van der Waals surface area contributed by atoms with Gasteiger partial charge in [-0.25, -0.2) is 0 Å². The fourth-order valence-corrected chi connectivity index (χ4v) is 5.47. The van der Waals surface area contributed by atoms with Crippen LogP contribution in [-0.4, -0.2) is 37.6 Å². The monoisotopic (exact) mass is 391 g/mol. The van der Waals surface area contributed by atoms with Gasteiger partial charge in [0.25, 0.3) is 0 Å². The van der Waals surface area contributed by atoms with E-state index < -0.39 is 4.84 Å². The first-order valence-corrected chi connectivity index (χ1v) is 9.69. The van der Waals surface area contributed by atoms with Gasteiger partial charge in [-0.05, 0) is 0 Å². The average molecular weight is 391 g/mol. The molecule has 0 fully saturated rings. The fraction of sp³-hybridized carbons (Fsp3) is 0.438. The van der Waals surface area contributed by atoms with Crippen molar-refractivity contribution in [3.63, 3.8) is 0 Å². The number of benzene rings is 1. The summed E-state index contributed by atoms with van der Waals surface area (Å²) >= 11 is 11.8. The predicted molar refractivity (Wildman–Crippen MR) is 90.4 cm³/mol. The van der Waals surface area contributed by atoms with Gasteiger partial charge in [0.05, 0.1) is 0 Å². The summed E-state index contributed by atoms with van der Waals surface area (Å²) in [6.45, 7) is 2.14. The van der Waals surface area contributed by atoms with Crippen LogP contribution < -0.4 is 4.46 Å². The van der Waals surface area contributed by atoms with E-state index in [1.807, 2.05) is 6.07 Å². The predicted octanol–water partition coefficient (Wildman–Crippen LogP) is 3.52. The molecule has 0 bridgehead atoms. The second kappa shape index (κ2) is 7.69. The summed E-state index contributed by atoms with van der Waals surface area (Å²) in [5, 5.41) is 0. The van der Waals surface area contributed by atoms with Crippen LogP contribution in [0.25, 0.3) is 0 Å². The number of amides is 1. The molecule has 0 saturated carbocycles. The summed E-state index contributed by atoms with van der Waals surface area (Å²) in [5.41, 5.74) is 2.41. The summed E-state index contributed by atoms with van der Waals surface area (Å²) in [4.78, 5) is 13.2. The Kier molecular flexibility index (Phi) is 6.19. The normalized spacial score (nSPS) is 19.0. The molecule has 0 aliphatic heterocycles. The molecule has 0 spiro atoms. The van der Waals surface area contributed by atoms with Crippen molar-refractivity contribution >= 4 is 48.5 Å². The number of allylic oxidation sites excluding steroid dienone is 2. The maximum absolute atomic E-state index is 12.0. The average Bonchev–Trinajstić information content (AvgIpc) is 2.49. The Balaban J connectivity index is 2.17. The molecule has 0 aromatic heterocycles. The van der Waals surface area contributed by atoms with Crippen LogP contribution in [0, 0.1) is 0 Å². The molecule has 1 unspecified atom stereocenters. The molecule has 0 saturated heterocycles. The van der Waals surface area contributed by atoms with Crippen molar-refractivity contribution in [2.45, 2.75) is 35.8 Å². The van der Waals surface area contributed by atoms with E-state index in [0.717, 1.165) is 18.5 Å². The molecule has 114 valence electrons. The van der Waals surface area contributed by atoms with Crippen molar-refractivity contribution in [2.24, 2.45) is 0 Å². The first-order valence-electron chi connectivity index (χ1n) is 6.97. The zero-order valence-electron chi connectivity index (χ0n) is 12.2. The standard InChI is InChI=1S/C16H19Cl2NOSe/c1-11-13(19(2)16(20)15(17)18)9-6-10-14(11)21-12-7-4-3-5-8-12/h3-5,7-8,14-15H,6,9-10H2,1-2H3. The van der Waals surface area contributed by atoms with E-state index in [-0.39, 0.29) is 5.91 Å².